The van der Waals surface area contributed by atoms with Crippen LogP contribution in [0.3, 0.4) is 0 Å². The topological polar surface area (TPSA) is 47.6 Å². The lowest BCUT2D eigenvalue weighted by molar-refractivity contribution is -0.120. The minimum atomic E-state index is -0.0505. The van der Waals surface area contributed by atoms with Gasteiger partial charge in [0, 0.05) is 17.7 Å². The number of methoxy groups -OCH3 is 2. The molecule has 0 unspecified atom stereocenters. The number of carbonyl (C=O) groups excluding carboxylic acids is 1. The fourth-order valence-corrected chi connectivity index (χ4v) is 2.13. The second-order valence-electron chi connectivity index (χ2n) is 4.58. The van der Waals surface area contributed by atoms with E-state index < -0.39 is 0 Å². The standard InChI is InChI=1S/C17H19NO3/c1-20-15-9-5-3-7-13(15)11-17(19)18-12-14-8-4-6-10-16(14)21-2/h3-10H,11-12H2,1-2H3,(H,18,19). The Bertz CT molecular complexity index is 610. The Kier molecular flexibility index (Phi) is 5.21. The Balaban J connectivity index is 1.96. The van der Waals surface area contributed by atoms with E-state index in [2.05, 4.69) is 5.32 Å². The van der Waals surface area contributed by atoms with Crippen molar-refractivity contribution in [2.24, 2.45) is 0 Å². The van der Waals surface area contributed by atoms with Gasteiger partial charge < -0.3 is 14.8 Å². The van der Waals surface area contributed by atoms with Crippen molar-refractivity contribution in [3.05, 3.63) is 59.7 Å². The first-order valence-electron chi connectivity index (χ1n) is 6.75. The van der Waals surface area contributed by atoms with Gasteiger partial charge in [0.25, 0.3) is 0 Å². The van der Waals surface area contributed by atoms with Crippen LogP contribution >= 0.6 is 0 Å². The summed E-state index contributed by atoms with van der Waals surface area (Å²) in [6.07, 6.45) is 0.291. The van der Waals surface area contributed by atoms with Gasteiger partial charge in [-0.3, -0.25) is 4.79 Å². The molecule has 1 amide bonds. The lowest BCUT2D eigenvalue weighted by Gasteiger charge is -2.11. The van der Waals surface area contributed by atoms with Gasteiger partial charge in [0.15, 0.2) is 0 Å². The Morgan fingerprint density at radius 1 is 0.905 bits per heavy atom. The van der Waals surface area contributed by atoms with Crippen LogP contribution in [0.1, 0.15) is 11.1 Å². The molecular weight excluding hydrogens is 266 g/mol. The summed E-state index contributed by atoms with van der Waals surface area (Å²) >= 11 is 0. The van der Waals surface area contributed by atoms with Crippen molar-refractivity contribution in [3.8, 4) is 11.5 Å². The third-order valence-electron chi connectivity index (χ3n) is 3.21. The van der Waals surface area contributed by atoms with Crippen LogP contribution in [0.15, 0.2) is 48.5 Å². The van der Waals surface area contributed by atoms with Crippen molar-refractivity contribution in [1.29, 1.82) is 0 Å². The van der Waals surface area contributed by atoms with Crippen LogP contribution in [-0.4, -0.2) is 20.1 Å². The molecule has 0 atom stereocenters. The minimum Gasteiger partial charge on any atom is -0.496 e. The van der Waals surface area contributed by atoms with Crippen LogP contribution < -0.4 is 14.8 Å². The number of nitrogens with one attached hydrogen (secondary N) is 1. The van der Waals surface area contributed by atoms with Gasteiger partial charge >= 0.3 is 0 Å². The van der Waals surface area contributed by atoms with Crippen LogP contribution in [0.25, 0.3) is 0 Å². The van der Waals surface area contributed by atoms with E-state index in [4.69, 9.17) is 9.47 Å². The zero-order chi connectivity index (χ0) is 15.1. The molecule has 4 nitrogen and oxygen atoms in total. The summed E-state index contributed by atoms with van der Waals surface area (Å²) in [6.45, 7) is 0.442. The molecule has 2 aromatic carbocycles. The fourth-order valence-electron chi connectivity index (χ4n) is 2.13. The second-order valence-corrected chi connectivity index (χ2v) is 4.58. The normalized spacial score (nSPS) is 10.0. The van der Waals surface area contributed by atoms with Crippen molar-refractivity contribution >= 4 is 5.91 Å². The van der Waals surface area contributed by atoms with Gasteiger partial charge in [-0.15, -0.1) is 0 Å². The van der Waals surface area contributed by atoms with Crippen molar-refractivity contribution in [2.45, 2.75) is 13.0 Å². The molecular formula is C17H19NO3. The van der Waals surface area contributed by atoms with Crippen LogP contribution in [0.4, 0.5) is 0 Å². The number of carbonyl (C=O) groups is 1. The Hall–Kier alpha value is -2.49. The molecule has 0 aliphatic heterocycles. The number of hydrogen-bond acceptors (Lipinski definition) is 3. The molecule has 0 aliphatic carbocycles. The zero-order valence-corrected chi connectivity index (χ0v) is 12.3. The molecule has 0 aromatic heterocycles. The average molecular weight is 285 g/mol. The first-order valence-corrected chi connectivity index (χ1v) is 6.75. The second kappa shape index (κ2) is 7.33. The van der Waals surface area contributed by atoms with Crippen molar-refractivity contribution in [3.63, 3.8) is 0 Å². The highest BCUT2D eigenvalue weighted by molar-refractivity contribution is 5.79. The lowest BCUT2D eigenvalue weighted by Crippen LogP contribution is -2.25. The van der Waals surface area contributed by atoms with E-state index in [1.54, 1.807) is 14.2 Å². The number of para-hydroxylation sites is 2. The molecule has 0 bridgehead atoms. The van der Waals surface area contributed by atoms with Crippen molar-refractivity contribution < 1.29 is 14.3 Å². The maximum Gasteiger partial charge on any atom is 0.224 e. The van der Waals surface area contributed by atoms with Gasteiger partial charge in [0.2, 0.25) is 5.91 Å². The molecule has 0 heterocycles. The molecule has 0 aliphatic rings. The highest BCUT2D eigenvalue weighted by Crippen LogP contribution is 2.19. The average Bonchev–Trinajstić information content (AvgIpc) is 2.53. The summed E-state index contributed by atoms with van der Waals surface area (Å²) in [5.74, 6) is 1.45. The maximum atomic E-state index is 12.0. The first kappa shape index (κ1) is 14.9. The Morgan fingerprint density at radius 3 is 2.05 bits per heavy atom. The third kappa shape index (κ3) is 3.99. The minimum absolute atomic E-state index is 0.0505. The number of benzene rings is 2. The molecule has 0 saturated heterocycles. The summed E-state index contributed by atoms with van der Waals surface area (Å²) in [7, 11) is 3.22. The van der Waals surface area contributed by atoms with E-state index in [1.165, 1.54) is 0 Å². The number of amides is 1. The molecule has 0 radical (unpaired) electrons. The fraction of sp³-hybridized carbons (Fsp3) is 0.235. The summed E-state index contributed by atoms with van der Waals surface area (Å²) in [4.78, 5) is 12.0. The highest BCUT2D eigenvalue weighted by atomic mass is 16.5. The molecule has 21 heavy (non-hydrogen) atoms. The van der Waals surface area contributed by atoms with E-state index >= 15 is 0 Å². The number of ether oxygens (including phenoxy) is 2. The summed E-state index contributed by atoms with van der Waals surface area (Å²) in [5.41, 5.74) is 1.82. The molecule has 1 N–H and O–H groups in total. The third-order valence-corrected chi connectivity index (χ3v) is 3.21. The van der Waals surface area contributed by atoms with E-state index in [1.807, 2.05) is 48.5 Å². The maximum absolute atomic E-state index is 12.0. The van der Waals surface area contributed by atoms with Crippen LogP contribution in [0.5, 0.6) is 11.5 Å². The van der Waals surface area contributed by atoms with E-state index in [9.17, 15) is 4.79 Å². The van der Waals surface area contributed by atoms with Gasteiger partial charge in [-0.2, -0.15) is 0 Å². The van der Waals surface area contributed by atoms with Gasteiger partial charge in [0.05, 0.1) is 20.6 Å². The Morgan fingerprint density at radius 2 is 1.43 bits per heavy atom. The zero-order valence-electron chi connectivity index (χ0n) is 12.3. The number of hydrogen-bond donors (Lipinski definition) is 1. The van der Waals surface area contributed by atoms with Crippen LogP contribution in [-0.2, 0) is 17.8 Å². The predicted molar refractivity (Wildman–Crippen MR) is 81.5 cm³/mol. The van der Waals surface area contributed by atoms with E-state index in [0.717, 1.165) is 22.6 Å². The number of rotatable bonds is 6. The molecule has 0 spiro atoms. The van der Waals surface area contributed by atoms with Gasteiger partial charge in [-0.1, -0.05) is 36.4 Å². The van der Waals surface area contributed by atoms with Gasteiger partial charge in [-0.05, 0) is 12.1 Å². The first-order chi connectivity index (χ1) is 10.2. The summed E-state index contributed by atoms with van der Waals surface area (Å²) in [6, 6.07) is 15.2. The molecule has 0 fully saturated rings. The molecule has 2 rings (SSSR count). The highest BCUT2D eigenvalue weighted by Gasteiger charge is 2.09. The van der Waals surface area contributed by atoms with Gasteiger partial charge in [-0.25, -0.2) is 0 Å². The van der Waals surface area contributed by atoms with Crippen molar-refractivity contribution in [1.82, 2.24) is 5.32 Å². The van der Waals surface area contributed by atoms with E-state index in [-0.39, 0.29) is 5.91 Å². The molecule has 4 heteroatoms. The van der Waals surface area contributed by atoms with Crippen molar-refractivity contribution in [2.75, 3.05) is 14.2 Å². The largest absolute Gasteiger partial charge is 0.496 e. The smallest absolute Gasteiger partial charge is 0.224 e. The SMILES string of the molecule is COc1ccccc1CNC(=O)Cc1ccccc1OC. The lowest BCUT2D eigenvalue weighted by atomic mass is 10.1. The monoisotopic (exact) mass is 285 g/mol. The molecule has 2 aromatic rings. The molecule has 110 valence electrons. The predicted octanol–water partition coefficient (Wildman–Crippen LogP) is 2.56. The quantitative estimate of drug-likeness (QED) is 0.887. The van der Waals surface area contributed by atoms with Crippen LogP contribution in [0.2, 0.25) is 0 Å². The summed E-state index contributed by atoms with van der Waals surface area (Å²) < 4.78 is 10.5. The van der Waals surface area contributed by atoms with E-state index in [0.29, 0.717) is 13.0 Å². The summed E-state index contributed by atoms with van der Waals surface area (Å²) in [5, 5.41) is 2.90. The van der Waals surface area contributed by atoms with Crippen LogP contribution in [0, 0.1) is 0 Å². The van der Waals surface area contributed by atoms with Gasteiger partial charge in [0.1, 0.15) is 11.5 Å². The molecule has 0 saturated carbocycles. The Labute approximate surface area is 124 Å².